The lowest BCUT2D eigenvalue weighted by Gasteiger charge is -2.34. The van der Waals surface area contributed by atoms with Gasteiger partial charge in [-0.3, -0.25) is 4.79 Å². The standard InChI is InChI=1S/C13H20N4O3/c1-2-15-13(19)17-7-5-16(6-8-17)12(18)11-4-3-10(9-14)20-11/h3-4H,2,5-9,14H2,1H3,(H,15,19). The minimum absolute atomic E-state index is 0.0805. The van der Waals surface area contributed by atoms with E-state index in [9.17, 15) is 9.59 Å². The van der Waals surface area contributed by atoms with Crippen LogP contribution in [-0.4, -0.2) is 54.5 Å². The van der Waals surface area contributed by atoms with E-state index in [0.29, 0.717) is 44.2 Å². The Labute approximate surface area is 117 Å². The van der Waals surface area contributed by atoms with Crippen LogP contribution in [0.3, 0.4) is 0 Å². The van der Waals surface area contributed by atoms with Gasteiger partial charge in [0.2, 0.25) is 0 Å². The third kappa shape index (κ3) is 3.11. The third-order valence-electron chi connectivity index (χ3n) is 3.26. The lowest BCUT2D eigenvalue weighted by atomic mass is 10.3. The topological polar surface area (TPSA) is 91.8 Å². The van der Waals surface area contributed by atoms with Crippen molar-refractivity contribution in [1.82, 2.24) is 15.1 Å². The van der Waals surface area contributed by atoms with Gasteiger partial charge in [0.25, 0.3) is 5.91 Å². The largest absolute Gasteiger partial charge is 0.455 e. The summed E-state index contributed by atoms with van der Waals surface area (Å²) in [6, 6.07) is 3.27. The number of carbonyl (C=O) groups excluding carboxylic acids is 2. The second-order valence-corrected chi connectivity index (χ2v) is 4.58. The Bertz CT molecular complexity index is 478. The fourth-order valence-corrected chi connectivity index (χ4v) is 2.13. The average molecular weight is 280 g/mol. The van der Waals surface area contributed by atoms with Crippen molar-refractivity contribution in [3.63, 3.8) is 0 Å². The van der Waals surface area contributed by atoms with Crippen molar-refractivity contribution in [3.05, 3.63) is 23.7 Å². The first-order valence-corrected chi connectivity index (χ1v) is 6.76. The summed E-state index contributed by atoms with van der Waals surface area (Å²) < 4.78 is 5.35. The zero-order chi connectivity index (χ0) is 14.5. The first-order valence-electron chi connectivity index (χ1n) is 6.76. The third-order valence-corrected chi connectivity index (χ3v) is 3.26. The van der Waals surface area contributed by atoms with E-state index < -0.39 is 0 Å². The predicted molar refractivity (Wildman–Crippen MR) is 73.1 cm³/mol. The summed E-state index contributed by atoms with van der Waals surface area (Å²) in [5.74, 6) is 0.742. The number of piperazine rings is 1. The van der Waals surface area contributed by atoms with Crippen molar-refractivity contribution < 1.29 is 14.0 Å². The van der Waals surface area contributed by atoms with Crippen molar-refractivity contribution in [2.75, 3.05) is 32.7 Å². The first-order chi connectivity index (χ1) is 9.65. The summed E-state index contributed by atoms with van der Waals surface area (Å²) in [6.45, 7) is 4.83. The van der Waals surface area contributed by atoms with Crippen LogP contribution in [0, 0.1) is 0 Å². The van der Waals surface area contributed by atoms with Crippen LogP contribution in [0.4, 0.5) is 4.79 Å². The highest BCUT2D eigenvalue weighted by atomic mass is 16.4. The van der Waals surface area contributed by atoms with Crippen LogP contribution < -0.4 is 11.1 Å². The second kappa shape index (κ2) is 6.42. The monoisotopic (exact) mass is 280 g/mol. The molecule has 0 unspecified atom stereocenters. The molecule has 1 fully saturated rings. The van der Waals surface area contributed by atoms with E-state index in [1.807, 2.05) is 6.92 Å². The average Bonchev–Trinajstić information content (AvgIpc) is 2.96. The molecule has 1 aromatic rings. The first kappa shape index (κ1) is 14.4. The van der Waals surface area contributed by atoms with E-state index >= 15 is 0 Å². The van der Waals surface area contributed by atoms with E-state index in [-0.39, 0.29) is 18.5 Å². The van der Waals surface area contributed by atoms with Crippen molar-refractivity contribution >= 4 is 11.9 Å². The molecule has 0 bridgehead atoms. The molecule has 1 aromatic heterocycles. The number of rotatable bonds is 3. The van der Waals surface area contributed by atoms with E-state index in [4.69, 9.17) is 10.2 Å². The van der Waals surface area contributed by atoms with Gasteiger partial charge in [-0.1, -0.05) is 0 Å². The maximum absolute atomic E-state index is 12.2. The number of furan rings is 1. The van der Waals surface area contributed by atoms with Gasteiger partial charge in [0.05, 0.1) is 6.54 Å². The number of urea groups is 1. The SMILES string of the molecule is CCNC(=O)N1CCN(C(=O)c2ccc(CN)o2)CC1. The fourth-order valence-electron chi connectivity index (χ4n) is 2.13. The van der Waals surface area contributed by atoms with Crippen LogP contribution in [0.2, 0.25) is 0 Å². The lowest BCUT2D eigenvalue weighted by molar-refractivity contribution is 0.0632. The molecular formula is C13H20N4O3. The lowest BCUT2D eigenvalue weighted by Crippen LogP contribution is -2.53. The zero-order valence-electron chi connectivity index (χ0n) is 11.6. The molecule has 0 atom stereocenters. The Hall–Kier alpha value is -2.02. The van der Waals surface area contributed by atoms with E-state index in [2.05, 4.69) is 5.32 Å². The van der Waals surface area contributed by atoms with Crippen LogP contribution in [0.5, 0.6) is 0 Å². The fraction of sp³-hybridized carbons (Fsp3) is 0.538. The molecule has 2 heterocycles. The molecule has 20 heavy (non-hydrogen) atoms. The molecule has 110 valence electrons. The number of amides is 3. The normalized spacial score (nSPS) is 15.3. The Morgan fingerprint density at radius 1 is 1.25 bits per heavy atom. The number of nitrogens with zero attached hydrogens (tertiary/aromatic N) is 2. The molecule has 1 aliphatic heterocycles. The van der Waals surface area contributed by atoms with E-state index in [1.165, 1.54) is 0 Å². The van der Waals surface area contributed by atoms with E-state index in [0.717, 1.165) is 0 Å². The van der Waals surface area contributed by atoms with Gasteiger partial charge in [-0.15, -0.1) is 0 Å². The molecule has 0 aromatic carbocycles. The molecule has 0 spiro atoms. The molecule has 0 saturated carbocycles. The minimum atomic E-state index is -0.153. The molecule has 0 aliphatic carbocycles. The molecule has 2 rings (SSSR count). The summed E-state index contributed by atoms with van der Waals surface area (Å²) in [7, 11) is 0. The summed E-state index contributed by atoms with van der Waals surface area (Å²) in [4.78, 5) is 27.3. The summed E-state index contributed by atoms with van der Waals surface area (Å²) in [5, 5.41) is 2.75. The highest BCUT2D eigenvalue weighted by molar-refractivity contribution is 5.91. The highest BCUT2D eigenvalue weighted by Crippen LogP contribution is 2.12. The van der Waals surface area contributed by atoms with Gasteiger partial charge in [-0.2, -0.15) is 0 Å². The quantitative estimate of drug-likeness (QED) is 0.829. The Balaban J connectivity index is 1.90. The van der Waals surface area contributed by atoms with Crippen LogP contribution in [0.15, 0.2) is 16.5 Å². The van der Waals surface area contributed by atoms with Crippen LogP contribution in [0.25, 0.3) is 0 Å². The number of hydrogen-bond acceptors (Lipinski definition) is 4. The second-order valence-electron chi connectivity index (χ2n) is 4.58. The molecule has 7 nitrogen and oxygen atoms in total. The van der Waals surface area contributed by atoms with Crippen molar-refractivity contribution in [3.8, 4) is 0 Å². The van der Waals surface area contributed by atoms with Gasteiger partial charge < -0.3 is 25.3 Å². The molecule has 0 radical (unpaired) electrons. The molecule has 7 heteroatoms. The molecule has 1 saturated heterocycles. The molecule has 1 aliphatic rings. The van der Waals surface area contributed by atoms with Crippen LogP contribution in [-0.2, 0) is 6.54 Å². The molecular weight excluding hydrogens is 260 g/mol. The predicted octanol–water partition coefficient (Wildman–Crippen LogP) is 0.226. The smallest absolute Gasteiger partial charge is 0.317 e. The Kier molecular flexibility index (Phi) is 4.62. The summed E-state index contributed by atoms with van der Waals surface area (Å²) in [6.07, 6.45) is 0. The number of nitrogens with two attached hydrogens (primary N) is 1. The van der Waals surface area contributed by atoms with Crippen LogP contribution >= 0.6 is 0 Å². The summed E-state index contributed by atoms with van der Waals surface area (Å²) >= 11 is 0. The van der Waals surface area contributed by atoms with Gasteiger partial charge in [-0.05, 0) is 19.1 Å². The zero-order valence-corrected chi connectivity index (χ0v) is 11.6. The number of hydrogen-bond donors (Lipinski definition) is 2. The van der Waals surface area contributed by atoms with E-state index in [1.54, 1.807) is 21.9 Å². The van der Waals surface area contributed by atoms with Crippen molar-refractivity contribution in [2.45, 2.75) is 13.5 Å². The van der Waals surface area contributed by atoms with Gasteiger partial charge in [-0.25, -0.2) is 4.79 Å². The Morgan fingerprint density at radius 3 is 2.45 bits per heavy atom. The van der Waals surface area contributed by atoms with Gasteiger partial charge in [0, 0.05) is 32.7 Å². The van der Waals surface area contributed by atoms with Crippen molar-refractivity contribution in [1.29, 1.82) is 0 Å². The van der Waals surface area contributed by atoms with Crippen LogP contribution in [0.1, 0.15) is 23.2 Å². The molecule has 3 N–H and O–H groups in total. The maximum Gasteiger partial charge on any atom is 0.317 e. The Morgan fingerprint density at radius 2 is 1.90 bits per heavy atom. The number of carbonyl (C=O) groups is 2. The van der Waals surface area contributed by atoms with Gasteiger partial charge in [0.15, 0.2) is 5.76 Å². The minimum Gasteiger partial charge on any atom is -0.455 e. The maximum atomic E-state index is 12.2. The highest BCUT2D eigenvalue weighted by Gasteiger charge is 2.26. The van der Waals surface area contributed by atoms with Gasteiger partial charge >= 0.3 is 6.03 Å². The summed E-state index contributed by atoms with van der Waals surface area (Å²) in [5.41, 5.74) is 5.45. The number of nitrogens with one attached hydrogen (secondary N) is 1. The van der Waals surface area contributed by atoms with Crippen molar-refractivity contribution in [2.24, 2.45) is 5.73 Å². The molecule has 3 amide bonds. The van der Waals surface area contributed by atoms with Gasteiger partial charge in [0.1, 0.15) is 5.76 Å².